The number of nitrogens with zero attached hydrogens (tertiary/aromatic N) is 6. The fourth-order valence-corrected chi connectivity index (χ4v) is 4.90. The number of rotatable bonds is 2. The number of hydrogen-bond acceptors (Lipinski definition) is 7. The highest BCUT2D eigenvalue weighted by Gasteiger charge is 2.41. The molecule has 0 amide bonds. The molecule has 0 aliphatic carbocycles. The lowest BCUT2D eigenvalue weighted by Crippen LogP contribution is -2.41. The van der Waals surface area contributed by atoms with Crippen LogP contribution < -0.4 is 10.6 Å². The van der Waals surface area contributed by atoms with Crippen molar-refractivity contribution in [2.24, 2.45) is 5.41 Å². The molecule has 32 heavy (non-hydrogen) atoms. The zero-order valence-electron chi connectivity index (χ0n) is 17.2. The van der Waals surface area contributed by atoms with E-state index in [1.165, 1.54) is 16.9 Å². The Hall–Kier alpha value is -2.66. The van der Waals surface area contributed by atoms with E-state index in [2.05, 4.69) is 31.9 Å². The average molecular weight is 468 g/mol. The number of piperidine rings is 1. The molecule has 2 saturated heterocycles. The third-order valence-corrected chi connectivity index (χ3v) is 6.63. The van der Waals surface area contributed by atoms with E-state index in [-0.39, 0.29) is 22.6 Å². The predicted molar refractivity (Wildman–Crippen MR) is 113 cm³/mol. The third-order valence-electron chi connectivity index (χ3n) is 6.26. The molecule has 1 atom stereocenters. The molecule has 0 unspecified atom stereocenters. The van der Waals surface area contributed by atoms with Crippen LogP contribution in [0.15, 0.2) is 18.5 Å². The number of nitrogens with two attached hydrogens (primary N) is 1. The second-order valence-corrected chi connectivity index (χ2v) is 8.91. The highest BCUT2D eigenvalue weighted by molar-refractivity contribution is 6.33. The first-order valence-electron chi connectivity index (χ1n) is 10.3. The minimum Gasteiger partial charge on any atom is -0.384 e. The number of hydrogen-bond donors (Lipinski definition) is 1. The summed E-state index contributed by atoms with van der Waals surface area (Å²) in [6.45, 7) is 4.59. The lowest BCUT2D eigenvalue weighted by molar-refractivity contribution is -0.141. The van der Waals surface area contributed by atoms with Gasteiger partial charge in [0.25, 0.3) is 0 Å². The first kappa shape index (κ1) is 21.2. The van der Waals surface area contributed by atoms with Crippen molar-refractivity contribution in [3.63, 3.8) is 0 Å². The molecule has 2 N–H and O–H groups in total. The number of pyridine rings is 1. The van der Waals surface area contributed by atoms with Gasteiger partial charge in [-0.1, -0.05) is 11.6 Å². The largest absolute Gasteiger partial charge is 0.435 e. The van der Waals surface area contributed by atoms with E-state index >= 15 is 0 Å². The number of aromatic nitrogens is 5. The summed E-state index contributed by atoms with van der Waals surface area (Å²) in [5, 5.41) is 3.56. The number of anilines is 2. The summed E-state index contributed by atoms with van der Waals surface area (Å²) >= 11 is 6.01. The van der Waals surface area contributed by atoms with Crippen molar-refractivity contribution >= 4 is 34.4 Å². The fourth-order valence-electron chi connectivity index (χ4n) is 4.62. The van der Waals surface area contributed by atoms with Crippen LogP contribution in [0.25, 0.3) is 16.9 Å². The molecule has 1 spiro atoms. The topological polar surface area (TPSA) is 95.0 Å². The van der Waals surface area contributed by atoms with Crippen molar-refractivity contribution < 1.29 is 17.9 Å². The number of ether oxygens (including phenoxy) is 1. The van der Waals surface area contributed by atoms with Gasteiger partial charge in [0.05, 0.1) is 35.8 Å². The highest BCUT2D eigenvalue weighted by Crippen LogP contribution is 2.42. The van der Waals surface area contributed by atoms with Crippen LogP contribution in [-0.4, -0.2) is 50.5 Å². The molecule has 170 valence electrons. The van der Waals surface area contributed by atoms with E-state index in [0.717, 1.165) is 39.0 Å². The molecule has 3 aromatic heterocycles. The molecule has 5 rings (SSSR count). The zero-order chi connectivity index (χ0) is 22.7. The summed E-state index contributed by atoms with van der Waals surface area (Å²) in [7, 11) is 0. The van der Waals surface area contributed by atoms with E-state index in [1.54, 1.807) is 6.20 Å². The average Bonchev–Trinajstić information content (AvgIpc) is 3.32. The van der Waals surface area contributed by atoms with Crippen LogP contribution in [0, 0.1) is 5.41 Å². The molecule has 2 aliphatic rings. The minimum absolute atomic E-state index is 0.0567. The normalized spacial score (nSPS) is 21.0. The van der Waals surface area contributed by atoms with Crippen molar-refractivity contribution in [1.29, 1.82) is 0 Å². The quantitative estimate of drug-likeness (QED) is 0.611. The van der Waals surface area contributed by atoms with Crippen LogP contribution >= 0.6 is 11.6 Å². The van der Waals surface area contributed by atoms with E-state index in [1.807, 2.05) is 0 Å². The molecule has 12 heteroatoms. The second-order valence-electron chi connectivity index (χ2n) is 8.53. The van der Waals surface area contributed by atoms with Crippen LogP contribution in [0.5, 0.6) is 0 Å². The molecule has 0 saturated carbocycles. The van der Waals surface area contributed by atoms with E-state index < -0.39 is 16.9 Å². The van der Waals surface area contributed by atoms with Gasteiger partial charge >= 0.3 is 6.18 Å². The SMILES string of the molecule is C[C@H]1CC2(CCN(c3cnc4c(cnn4-c4cc(N)nc(C(F)(F)F)c4Cl)n3)CC2)CO1. The summed E-state index contributed by atoms with van der Waals surface area (Å²) in [4.78, 5) is 14.6. The molecule has 3 aromatic rings. The van der Waals surface area contributed by atoms with Gasteiger partial charge < -0.3 is 15.4 Å². The van der Waals surface area contributed by atoms with Crippen LogP contribution in [0.3, 0.4) is 0 Å². The number of fused-ring (bicyclic) bond motifs is 1. The molecule has 8 nitrogen and oxygen atoms in total. The molecule has 0 radical (unpaired) electrons. The Labute approximate surface area is 186 Å². The van der Waals surface area contributed by atoms with Crippen molar-refractivity contribution in [2.75, 3.05) is 30.3 Å². The second kappa shape index (κ2) is 7.45. The Morgan fingerprint density at radius 2 is 1.97 bits per heavy atom. The van der Waals surface area contributed by atoms with Crippen LogP contribution in [0.1, 0.15) is 31.9 Å². The number of halogens is 4. The van der Waals surface area contributed by atoms with E-state index in [9.17, 15) is 13.2 Å². The van der Waals surface area contributed by atoms with Crippen molar-refractivity contribution in [2.45, 2.75) is 38.5 Å². The lowest BCUT2D eigenvalue weighted by atomic mass is 9.77. The van der Waals surface area contributed by atoms with Crippen LogP contribution in [0.2, 0.25) is 5.02 Å². The summed E-state index contributed by atoms with van der Waals surface area (Å²) in [6.07, 6.45) is 1.71. The standard InChI is InChI=1S/C20H21ClF3N7O/c1-11-7-19(10-32-11)2-4-30(5-3-19)15-9-26-18-12(28-15)8-27-31(18)13-6-14(25)29-17(16(13)21)20(22,23)24/h6,8-9,11H,2-5,7,10H2,1H3,(H2,25,29)/t11-/m0/s1. The molecule has 5 heterocycles. The Morgan fingerprint density at radius 1 is 1.22 bits per heavy atom. The maximum atomic E-state index is 13.3. The lowest BCUT2D eigenvalue weighted by Gasteiger charge is -2.38. The van der Waals surface area contributed by atoms with Crippen LogP contribution in [0.4, 0.5) is 24.8 Å². The van der Waals surface area contributed by atoms with Gasteiger partial charge in [-0.05, 0) is 31.6 Å². The molecule has 2 fully saturated rings. The summed E-state index contributed by atoms with van der Waals surface area (Å²) in [5.41, 5.74) is 5.23. The number of nitrogen functional groups attached to an aromatic ring is 1. The van der Waals surface area contributed by atoms with Crippen LogP contribution in [-0.2, 0) is 10.9 Å². The Kier molecular flexibility index (Phi) is 4.93. The monoisotopic (exact) mass is 467 g/mol. The van der Waals surface area contributed by atoms with Crippen molar-refractivity contribution in [3.8, 4) is 5.69 Å². The molecule has 0 bridgehead atoms. The summed E-state index contributed by atoms with van der Waals surface area (Å²) in [5.74, 6) is 0.382. The van der Waals surface area contributed by atoms with Crippen molar-refractivity contribution in [3.05, 3.63) is 29.2 Å². The van der Waals surface area contributed by atoms with Gasteiger partial charge in [0.1, 0.15) is 17.2 Å². The molecule has 0 aromatic carbocycles. The Bertz CT molecular complexity index is 1170. The van der Waals surface area contributed by atoms with Gasteiger partial charge in [-0.25, -0.2) is 19.6 Å². The Balaban J connectivity index is 1.44. The minimum atomic E-state index is -4.75. The maximum absolute atomic E-state index is 13.3. The van der Waals surface area contributed by atoms with E-state index in [0.29, 0.717) is 17.4 Å². The van der Waals surface area contributed by atoms with Gasteiger partial charge in [0, 0.05) is 19.2 Å². The number of alkyl halides is 3. The highest BCUT2D eigenvalue weighted by atomic mass is 35.5. The summed E-state index contributed by atoms with van der Waals surface area (Å²) < 4.78 is 46.8. The first-order chi connectivity index (χ1) is 15.2. The van der Waals surface area contributed by atoms with Gasteiger partial charge in [-0.2, -0.15) is 18.3 Å². The van der Waals surface area contributed by atoms with Gasteiger partial charge in [0.15, 0.2) is 11.3 Å². The van der Waals surface area contributed by atoms with E-state index in [4.69, 9.17) is 22.1 Å². The van der Waals surface area contributed by atoms with Gasteiger partial charge in [0.2, 0.25) is 0 Å². The summed E-state index contributed by atoms with van der Waals surface area (Å²) in [6, 6.07) is 1.23. The maximum Gasteiger partial charge on any atom is 0.435 e. The van der Waals surface area contributed by atoms with Gasteiger partial charge in [-0.15, -0.1) is 0 Å². The zero-order valence-corrected chi connectivity index (χ0v) is 18.0. The smallest absolute Gasteiger partial charge is 0.384 e. The Morgan fingerprint density at radius 3 is 2.62 bits per heavy atom. The first-order valence-corrected chi connectivity index (χ1v) is 10.6. The molecule has 2 aliphatic heterocycles. The predicted octanol–water partition coefficient (Wildman–Crippen LogP) is 3.86. The fraction of sp³-hybridized carbons (Fsp3) is 0.500. The van der Waals surface area contributed by atoms with Gasteiger partial charge in [-0.3, -0.25) is 0 Å². The molecular weight excluding hydrogens is 447 g/mol. The third kappa shape index (κ3) is 3.62. The molecular formula is C20H21ClF3N7O. The van der Waals surface area contributed by atoms with Crippen molar-refractivity contribution in [1.82, 2.24) is 24.7 Å².